The molecule has 100 valence electrons. The Hall–Kier alpha value is -0.680. The van der Waals surface area contributed by atoms with Crippen molar-refractivity contribution in [3.05, 3.63) is 34.6 Å². The summed E-state index contributed by atoms with van der Waals surface area (Å²) in [5.74, 6) is -0.251. The lowest BCUT2D eigenvalue weighted by atomic mass is 10.1. The minimum atomic E-state index is -0.251. The second-order valence-corrected chi connectivity index (χ2v) is 5.09. The minimum absolute atomic E-state index is 0.0127. The normalized spacial score (nSPS) is 25.3. The second-order valence-electron chi connectivity index (χ2n) is 4.65. The van der Waals surface area contributed by atoms with Gasteiger partial charge < -0.3 is 9.84 Å². The molecule has 1 aromatic carbocycles. The van der Waals surface area contributed by atoms with Crippen molar-refractivity contribution in [3.63, 3.8) is 0 Å². The van der Waals surface area contributed by atoms with Crippen molar-refractivity contribution in [2.24, 2.45) is 0 Å². The first-order valence-corrected chi connectivity index (χ1v) is 6.38. The Bertz CT molecular complexity index is 416. The predicted octanol–water partition coefficient (Wildman–Crippen LogP) is 2.06. The number of ether oxygens (including phenoxy) is 1. The lowest BCUT2D eigenvalue weighted by Crippen LogP contribution is -2.48. The molecule has 1 aromatic rings. The molecule has 0 aromatic heterocycles. The van der Waals surface area contributed by atoms with Crippen LogP contribution in [0.4, 0.5) is 4.39 Å². The molecule has 1 heterocycles. The fourth-order valence-electron chi connectivity index (χ4n) is 2.09. The quantitative estimate of drug-likeness (QED) is 0.915. The van der Waals surface area contributed by atoms with Crippen LogP contribution in [0.1, 0.15) is 12.5 Å². The van der Waals surface area contributed by atoms with Gasteiger partial charge in [-0.15, -0.1) is 0 Å². The van der Waals surface area contributed by atoms with Crippen LogP contribution in [0, 0.1) is 5.82 Å². The van der Waals surface area contributed by atoms with Gasteiger partial charge in [0, 0.05) is 29.7 Å². The van der Waals surface area contributed by atoms with Gasteiger partial charge in [-0.05, 0) is 25.1 Å². The van der Waals surface area contributed by atoms with E-state index in [9.17, 15) is 4.39 Å². The van der Waals surface area contributed by atoms with Crippen LogP contribution in [-0.2, 0) is 11.3 Å². The van der Waals surface area contributed by atoms with Crippen LogP contribution in [0.3, 0.4) is 0 Å². The van der Waals surface area contributed by atoms with Gasteiger partial charge in [0.25, 0.3) is 0 Å². The number of halogens is 2. The average molecular weight is 274 g/mol. The maximum atomic E-state index is 13.7. The summed E-state index contributed by atoms with van der Waals surface area (Å²) in [5.41, 5.74) is 0.577. The van der Waals surface area contributed by atoms with Gasteiger partial charge in [-0.2, -0.15) is 0 Å². The fraction of sp³-hybridized carbons (Fsp3) is 0.538. The van der Waals surface area contributed by atoms with Crippen LogP contribution >= 0.6 is 11.6 Å². The van der Waals surface area contributed by atoms with Crippen molar-refractivity contribution < 1.29 is 14.2 Å². The van der Waals surface area contributed by atoms with Crippen molar-refractivity contribution in [2.75, 3.05) is 19.8 Å². The van der Waals surface area contributed by atoms with Gasteiger partial charge in [0.1, 0.15) is 5.82 Å². The first-order valence-electron chi connectivity index (χ1n) is 6.00. The number of nitrogens with zero attached hydrogens (tertiary/aromatic N) is 1. The van der Waals surface area contributed by atoms with Gasteiger partial charge >= 0.3 is 0 Å². The number of morpholine rings is 1. The van der Waals surface area contributed by atoms with Crippen LogP contribution in [0.25, 0.3) is 0 Å². The third-order valence-corrected chi connectivity index (χ3v) is 3.45. The van der Waals surface area contributed by atoms with Crippen molar-refractivity contribution in [3.8, 4) is 0 Å². The molecule has 1 fully saturated rings. The lowest BCUT2D eigenvalue weighted by molar-refractivity contribution is -0.0807. The SMILES string of the molecule is CC1COC(CO)CN1Cc1cc(Cl)ccc1F. The zero-order chi connectivity index (χ0) is 13.1. The van der Waals surface area contributed by atoms with Crippen LogP contribution in [0.15, 0.2) is 18.2 Å². The first kappa shape index (κ1) is 13.7. The van der Waals surface area contributed by atoms with Crippen LogP contribution in [0.2, 0.25) is 5.02 Å². The van der Waals surface area contributed by atoms with E-state index in [4.69, 9.17) is 21.4 Å². The van der Waals surface area contributed by atoms with Crippen molar-refractivity contribution in [2.45, 2.75) is 25.6 Å². The number of rotatable bonds is 3. The van der Waals surface area contributed by atoms with Gasteiger partial charge in [-0.25, -0.2) is 4.39 Å². The van der Waals surface area contributed by atoms with Crippen molar-refractivity contribution in [1.29, 1.82) is 0 Å². The number of hydrogen-bond acceptors (Lipinski definition) is 3. The van der Waals surface area contributed by atoms with Crippen LogP contribution in [-0.4, -0.2) is 41.9 Å². The fourth-order valence-corrected chi connectivity index (χ4v) is 2.28. The lowest BCUT2D eigenvalue weighted by Gasteiger charge is -2.37. The summed E-state index contributed by atoms with van der Waals surface area (Å²) < 4.78 is 19.1. The molecule has 1 aliphatic rings. The topological polar surface area (TPSA) is 32.7 Å². The smallest absolute Gasteiger partial charge is 0.127 e. The van der Waals surface area contributed by atoms with Crippen molar-refractivity contribution in [1.82, 2.24) is 4.90 Å². The molecular weight excluding hydrogens is 257 g/mol. The summed E-state index contributed by atoms with van der Waals surface area (Å²) in [6.45, 7) is 3.64. The molecule has 2 rings (SSSR count). The summed E-state index contributed by atoms with van der Waals surface area (Å²) in [7, 11) is 0. The van der Waals surface area contributed by atoms with E-state index < -0.39 is 0 Å². The van der Waals surface area contributed by atoms with E-state index >= 15 is 0 Å². The Morgan fingerprint density at radius 2 is 2.33 bits per heavy atom. The maximum absolute atomic E-state index is 13.7. The molecule has 0 aliphatic carbocycles. The molecule has 0 bridgehead atoms. The van der Waals surface area contributed by atoms with Crippen LogP contribution in [0.5, 0.6) is 0 Å². The number of benzene rings is 1. The van der Waals surface area contributed by atoms with E-state index in [1.807, 2.05) is 6.92 Å². The first-order chi connectivity index (χ1) is 8.60. The predicted molar refractivity (Wildman–Crippen MR) is 68.1 cm³/mol. The summed E-state index contributed by atoms with van der Waals surface area (Å²) in [5, 5.41) is 9.65. The molecule has 18 heavy (non-hydrogen) atoms. The zero-order valence-electron chi connectivity index (χ0n) is 10.3. The van der Waals surface area contributed by atoms with Crippen LogP contribution < -0.4 is 0 Å². The van der Waals surface area contributed by atoms with Gasteiger partial charge in [0.2, 0.25) is 0 Å². The third-order valence-electron chi connectivity index (χ3n) is 3.22. The van der Waals surface area contributed by atoms with E-state index in [-0.39, 0.29) is 24.6 Å². The van der Waals surface area contributed by atoms with Gasteiger partial charge in [-0.1, -0.05) is 11.6 Å². The maximum Gasteiger partial charge on any atom is 0.127 e. The average Bonchev–Trinajstić information content (AvgIpc) is 2.36. The van der Waals surface area contributed by atoms with E-state index in [1.54, 1.807) is 12.1 Å². The van der Waals surface area contributed by atoms with Gasteiger partial charge in [0.05, 0.1) is 19.3 Å². The monoisotopic (exact) mass is 273 g/mol. The standard InChI is InChI=1S/C13H17ClFNO2/c1-9-8-18-12(7-17)6-16(9)5-10-4-11(14)2-3-13(10)15/h2-4,9,12,17H,5-8H2,1H3. The Kier molecular flexibility index (Phi) is 4.56. The van der Waals surface area contributed by atoms with Crippen molar-refractivity contribution >= 4 is 11.6 Å². The van der Waals surface area contributed by atoms with E-state index in [2.05, 4.69) is 4.90 Å². The molecule has 0 radical (unpaired) electrons. The largest absolute Gasteiger partial charge is 0.394 e. The molecule has 5 heteroatoms. The Balaban J connectivity index is 2.09. The molecule has 0 spiro atoms. The van der Waals surface area contributed by atoms with Gasteiger partial charge in [0.15, 0.2) is 0 Å². The number of aliphatic hydroxyl groups is 1. The minimum Gasteiger partial charge on any atom is -0.394 e. The summed E-state index contributed by atoms with van der Waals surface area (Å²) >= 11 is 5.88. The molecule has 2 unspecified atom stereocenters. The molecule has 3 nitrogen and oxygen atoms in total. The summed E-state index contributed by atoms with van der Waals surface area (Å²) in [6.07, 6.45) is -0.191. The highest BCUT2D eigenvalue weighted by molar-refractivity contribution is 6.30. The van der Waals surface area contributed by atoms with E-state index in [0.29, 0.717) is 30.3 Å². The van der Waals surface area contributed by atoms with E-state index in [1.165, 1.54) is 6.07 Å². The highest BCUT2D eigenvalue weighted by atomic mass is 35.5. The molecule has 1 saturated heterocycles. The molecule has 1 N–H and O–H groups in total. The van der Waals surface area contributed by atoms with E-state index in [0.717, 1.165) is 0 Å². The molecular formula is C13H17ClFNO2. The Labute approximate surface area is 111 Å². The highest BCUT2D eigenvalue weighted by Gasteiger charge is 2.26. The molecule has 2 atom stereocenters. The Morgan fingerprint density at radius 3 is 3.06 bits per heavy atom. The zero-order valence-corrected chi connectivity index (χ0v) is 11.0. The third kappa shape index (κ3) is 3.20. The summed E-state index contributed by atoms with van der Waals surface area (Å²) in [6, 6.07) is 4.77. The van der Waals surface area contributed by atoms with Gasteiger partial charge in [-0.3, -0.25) is 4.90 Å². The molecule has 0 amide bonds. The number of aliphatic hydroxyl groups excluding tert-OH is 1. The molecule has 0 saturated carbocycles. The summed E-state index contributed by atoms with van der Waals surface area (Å²) in [4.78, 5) is 2.10. The number of hydrogen-bond donors (Lipinski definition) is 1. The Morgan fingerprint density at radius 1 is 1.56 bits per heavy atom. The second kappa shape index (κ2) is 5.97. The highest BCUT2D eigenvalue weighted by Crippen LogP contribution is 2.20. The molecule has 1 aliphatic heterocycles.